The lowest BCUT2D eigenvalue weighted by atomic mass is 10.1. The zero-order valence-corrected chi connectivity index (χ0v) is 18.5. The molecule has 1 heterocycles. The number of nitrogens with zero attached hydrogens (tertiary/aromatic N) is 1. The Morgan fingerprint density at radius 3 is 2.50 bits per heavy atom. The van der Waals surface area contributed by atoms with Gasteiger partial charge in [-0.3, -0.25) is 9.59 Å². The SMILES string of the molecule is CCC(CC)NC(=O)C1CN(CC(=O)Nc2ccc(SC)cc2)c2ccccc2O1. The first-order valence-electron chi connectivity index (χ1n) is 10.3. The molecule has 0 aliphatic carbocycles. The molecule has 2 aromatic rings. The smallest absolute Gasteiger partial charge is 0.263 e. The van der Waals surface area contributed by atoms with Gasteiger partial charge >= 0.3 is 0 Å². The van der Waals surface area contributed by atoms with Crippen LogP contribution >= 0.6 is 11.8 Å². The molecule has 0 saturated heterocycles. The number of rotatable bonds is 8. The first kappa shape index (κ1) is 22.0. The number of nitrogens with one attached hydrogen (secondary N) is 2. The monoisotopic (exact) mass is 427 g/mol. The molecule has 0 bridgehead atoms. The molecule has 1 aliphatic heterocycles. The van der Waals surface area contributed by atoms with E-state index in [1.165, 1.54) is 0 Å². The van der Waals surface area contributed by atoms with Crippen molar-refractivity contribution in [1.82, 2.24) is 5.32 Å². The molecule has 0 spiro atoms. The van der Waals surface area contributed by atoms with Crippen molar-refractivity contribution in [1.29, 1.82) is 0 Å². The van der Waals surface area contributed by atoms with E-state index in [9.17, 15) is 9.59 Å². The highest BCUT2D eigenvalue weighted by atomic mass is 32.2. The summed E-state index contributed by atoms with van der Waals surface area (Å²) in [6.45, 7) is 4.56. The number of amides is 2. The number of carbonyl (C=O) groups is 2. The van der Waals surface area contributed by atoms with Gasteiger partial charge in [0, 0.05) is 16.6 Å². The Labute approximate surface area is 182 Å². The summed E-state index contributed by atoms with van der Waals surface area (Å²) in [5, 5.41) is 5.98. The maximum absolute atomic E-state index is 12.8. The van der Waals surface area contributed by atoms with Crippen molar-refractivity contribution in [2.75, 3.05) is 29.6 Å². The topological polar surface area (TPSA) is 70.7 Å². The van der Waals surface area contributed by atoms with Crippen LogP contribution in [0.2, 0.25) is 0 Å². The lowest BCUT2D eigenvalue weighted by Gasteiger charge is -2.35. The van der Waals surface area contributed by atoms with Crippen LogP contribution in [0.25, 0.3) is 0 Å². The Morgan fingerprint density at radius 1 is 1.13 bits per heavy atom. The lowest BCUT2D eigenvalue weighted by Crippen LogP contribution is -2.52. The minimum atomic E-state index is -0.658. The van der Waals surface area contributed by atoms with Crippen LogP contribution in [-0.2, 0) is 9.59 Å². The van der Waals surface area contributed by atoms with Crippen molar-refractivity contribution in [2.45, 2.75) is 43.7 Å². The average Bonchev–Trinajstić information content (AvgIpc) is 2.77. The van der Waals surface area contributed by atoms with E-state index in [0.29, 0.717) is 12.3 Å². The lowest BCUT2D eigenvalue weighted by molar-refractivity contribution is -0.129. The number of ether oxygens (including phenoxy) is 1. The fourth-order valence-electron chi connectivity index (χ4n) is 3.43. The number of hydrogen-bond acceptors (Lipinski definition) is 5. The summed E-state index contributed by atoms with van der Waals surface area (Å²) in [5.41, 5.74) is 1.57. The Morgan fingerprint density at radius 2 is 1.83 bits per heavy atom. The van der Waals surface area contributed by atoms with Crippen LogP contribution in [0.3, 0.4) is 0 Å². The Balaban J connectivity index is 1.70. The van der Waals surface area contributed by atoms with Gasteiger partial charge < -0.3 is 20.3 Å². The van der Waals surface area contributed by atoms with Crippen molar-refractivity contribution in [2.24, 2.45) is 0 Å². The van der Waals surface area contributed by atoms with Gasteiger partial charge in [-0.2, -0.15) is 0 Å². The summed E-state index contributed by atoms with van der Waals surface area (Å²) >= 11 is 1.65. The van der Waals surface area contributed by atoms with E-state index < -0.39 is 6.10 Å². The minimum Gasteiger partial charge on any atom is -0.477 e. The Bertz CT molecular complexity index is 868. The van der Waals surface area contributed by atoms with Gasteiger partial charge in [0.15, 0.2) is 6.10 Å². The third kappa shape index (κ3) is 5.48. The summed E-state index contributed by atoms with van der Waals surface area (Å²) in [4.78, 5) is 28.5. The molecule has 1 atom stereocenters. The summed E-state index contributed by atoms with van der Waals surface area (Å²) in [5.74, 6) is 0.338. The number of fused-ring (bicyclic) bond motifs is 1. The molecule has 2 aromatic carbocycles. The van der Waals surface area contributed by atoms with Crippen LogP contribution in [0.1, 0.15) is 26.7 Å². The summed E-state index contributed by atoms with van der Waals surface area (Å²) in [7, 11) is 0. The van der Waals surface area contributed by atoms with Gasteiger partial charge in [-0.25, -0.2) is 0 Å². The number of hydrogen-bond donors (Lipinski definition) is 2. The third-order valence-corrected chi connectivity index (χ3v) is 5.94. The minimum absolute atomic E-state index is 0.124. The molecule has 1 unspecified atom stereocenters. The van der Waals surface area contributed by atoms with Crippen LogP contribution in [0.15, 0.2) is 53.4 Å². The fourth-order valence-corrected chi connectivity index (χ4v) is 3.84. The molecular formula is C23H29N3O3S. The molecule has 7 heteroatoms. The summed E-state index contributed by atoms with van der Waals surface area (Å²) in [6.07, 6.45) is 3.09. The number of anilines is 2. The predicted octanol–water partition coefficient (Wildman–Crippen LogP) is 3.92. The van der Waals surface area contributed by atoms with E-state index in [-0.39, 0.29) is 24.4 Å². The molecule has 160 valence electrons. The van der Waals surface area contributed by atoms with E-state index in [4.69, 9.17) is 4.74 Å². The zero-order chi connectivity index (χ0) is 21.5. The first-order chi connectivity index (χ1) is 14.5. The van der Waals surface area contributed by atoms with E-state index >= 15 is 0 Å². The molecule has 2 N–H and O–H groups in total. The van der Waals surface area contributed by atoms with Crippen molar-refractivity contribution in [3.63, 3.8) is 0 Å². The van der Waals surface area contributed by atoms with Crippen LogP contribution in [0, 0.1) is 0 Å². The highest BCUT2D eigenvalue weighted by molar-refractivity contribution is 7.98. The van der Waals surface area contributed by atoms with Crippen molar-refractivity contribution >= 4 is 35.0 Å². The molecule has 30 heavy (non-hydrogen) atoms. The molecule has 6 nitrogen and oxygen atoms in total. The van der Waals surface area contributed by atoms with Crippen LogP contribution < -0.4 is 20.3 Å². The van der Waals surface area contributed by atoms with Gasteiger partial charge in [0.05, 0.1) is 18.8 Å². The second kappa shape index (κ2) is 10.4. The van der Waals surface area contributed by atoms with Crippen LogP contribution in [-0.4, -0.2) is 43.3 Å². The number of thioether (sulfide) groups is 1. The van der Waals surface area contributed by atoms with Crippen molar-refractivity contribution in [3.8, 4) is 5.75 Å². The highest BCUT2D eigenvalue weighted by Gasteiger charge is 2.32. The highest BCUT2D eigenvalue weighted by Crippen LogP contribution is 2.33. The Hall–Kier alpha value is -2.67. The normalized spacial score (nSPS) is 15.3. The van der Waals surface area contributed by atoms with Crippen molar-refractivity contribution < 1.29 is 14.3 Å². The molecule has 0 radical (unpaired) electrons. The molecule has 0 saturated carbocycles. The largest absolute Gasteiger partial charge is 0.477 e. The van der Waals surface area contributed by atoms with Gasteiger partial charge in [-0.05, 0) is 55.5 Å². The Kier molecular flexibility index (Phi) is 7.63. The van der Waals surface area contributed by atoms with Crippen LogP contribution in [0.5, 0.6) is 5.75 Å². The summed E-state index contributed by atoms with van der Waals surface area (Å²) < 4.78 is 5.95. The predicted molar refractivity (Wildman–Crippen MR) is 122 cm³/mol. The maximum Gasteiger partial charge on any atom is 0.263 e. The van der Waals surface area contributed by atoms with Gasteiger partial charge in [0.2, 0.25) is 5.91 Å². The molecule has 1 aliphatic rings. The molecule has 0 fully saturated rings. The average molecular weight is 428 g/mol. The van der Waals surface area contributed by atoms with Gasteiger partial charge in [-0.15, -0.1) is 11.8 Å². The van der Waals surface area contributed by atoms with Gasteiger partial charge in [-0.1, -0.05) is 26.0 Å². The standard InChI is InChI=1S/C23H29N3O3S/c1-4-16(5-2)25-23(28)21-14-26(19-8-6-7-9-20(19)29-21)15-22(27)24-17-10-12-18(30-3)13-11-17/h6-13,16,21H,4-5,14-15H2,1-3H3,(H,24,27)(H,25,28). The molecular weight excluding hydrogens is 398 g/mol. The number of benzene rings is 2. The quantitative estimate of drug-likeness (QED) is 0.625. The fraction of sp³-hybridized carbons (Fsp3) is 0.391. The van der Waals surface area contributed by atoms with E-state index in [1.807, 2.05) is 73.5 Å². The zero-order valence-electron chi connectivity index (χ0n) is 17.7. The summed E-state index contributed by atoms with van der Waals surface area (Å²) in [6, 6.07) is 15.4. The van der Waals surface area contributed by atoms with E-state index in [1.54, 1.807) is 11.8 Å². The first-order valence-corrected chi connectivity index (χ1v) is 11.5. The van der Waals surface area contributed by atoms with Gasteiger partial charge in [0.25, 0.3) is 5.91 Å². The number of carbonyl (C=O) groups excluding carboxylic acids is 2. The van der Waals surface area contributed by atoms with Crippen LogP contribution in [0.4, 0.5) is 11.4 Å². The third-order valence-electron chi connectivity index (χ3n) is 5.19. The molecule has 2 amide bonds. The van der Waals surface area contributed by atoms with Gasteiger partial charge in [0.1, 0.15) is 5.75 Å². The maximum atomic E-state index is 12.8. The molecule has 0 aromatic heterocycles. The second-order valence-electron chi connectivity index (χ2n) is 7.25. The van der Waals surface area contributed by atoms with E-state index in [2.05, 4.69) is 10.6 Å². The van der Waals surface area contributed by atoms with E-state index in [0.717, 1.165) is 29.1 Å². The molecule has 3 rings (SSSR count). The second-order valence-corrected chi connectivity index (χ2v) is 8.13. The van der Waals surface area contributed by atoms with Crippen molar-refractivity contribution in [3.05, 3.63) is 48.5 Å². The number of para-hydroxylation sites is 2.